The molecule has 1 heterocycles. The van der Waals surface area contributed by atoms with E-state index < -0.39 is 35.5 Å². The second kappa shape index (κ2) is 10.3. The zero-order valence-corrected chi connectivity index (χ0v) is 22.7. The Kier molecular flexibility index (Phi) is 7.35. The SMILES string of the molecule is CC12CCC(=O)C=C1CCC1C2C(O)CC2(C)C1CCC2(O)C(=O)COC(=O)CCC(=O)NCc1ccco1. The second-order valence-electron chi connectivity index (χ2n) is 12.4. The van der Waals surface area contributed by atoms with Gasteiger partial charge in [0.05, 0.1) is 25.3 Å². The van der Waals surface area contributed by atoms with Crippen molar-refractivity contribution in [2.24, 2.45) is 28.6 Å². The van der Waals surface area contributed by atoms with E-state index in [1.165, 1.54) is 6.26 Å². The van der Waals surface area contributed by atoms with Crippen LogP contribution in [0.2, 0.25) is 0 Å². The average Bonchev–Trinajstić information content (AvgIpc) is 3.51. The van der Waals surface area contributed by atoms with Crippen molar-refractivity contribution in [2.75, 3.05) is 6.61 Å². The summed E-state index contributed by atoms with van der Waals surface area (Å²) >= 11 is 0. The summed E-state index contributed by atoms with van der Waals surface area (Å²) in [4.78, 5) is 49.7. The third kappa shape index (κ3) is 4.78. The van der Waals surface area contributed by atoms with Gasteiger partial charge in [-0.2, -0.15) is 0 Å². The number of nitrogens with one attached hydrogen (secondary N) is 1. The number of carbonyl (C=O) groups is 4. The molecule has 1 aromatic heterocycles. The van der Waals surface area contributed by atoms with Crippen LogP contribution in [0.25, 0.3) is 0 Å². The van der Waals surface area contributed by atoms with Crippen molar-refractivity contribution in [3.63, 3.8) is 0 Å². The molecule has 7 unspecified atom stereocenters. The number of carbonyl (C=O) groups excluding carboxylic acids is 4. The van der Waals surface area contributed by atoms with Gasteiger partial charge in [0.1, 0.15) is 11.4 Å². The number of aliphatic hydroxyl groups excluding tert-OH is 1. The van der Waals surface area contributed by atoms with Gasteiger partial charge in [-0.05, 0) is 79.9 Å². The Labute approximate surface area is 228 Å². The Hall–Kier alpha value is -2.78. The summed E-state index contributed by atoms with van der Waals surface area (Å²) in [5, 5.41) is 25.9. The Balaban J connectivity index is 1.19. The van der Waals surface area contributed by atoms with Gasteiger partial charge in [0.2, 0.25) is 11.7 Å². The molecule has 212 valence electrons. The van der Waals surface area contributed by atoms with Crippen LogP contribution in [0.15, 0.2) is 34.5 Å². The number of rotatable bonds is 8. The second-order valence-corrected chi connectivity index (χ2v) is 12.4. The van der Waals surface area contributed by atoms with Crippen LogP contribution in [0.4, 0.5) is 0 Å². The number of Topliss-reactive ketones (excluding diaryl/α,β-unsaturated/α-hetero) is 1. The topological polar surface area (TPSA) is 143 Å². The molecule has 0 radical (unpaired) electrons. The molecule has 9 heteroatoms. The summed E-state index contributed by atoms with van der Waals surface area (Å²) in [6, 6.07) is 3.44. The highest BCUT2D eigenvalue weighted by molar-refractivity contribution is 5.92. The molecule has 4 aliphatic rings. The van der Waals surface area contributed by atoms with Crippen molar-refractivity contribution in [3.05, 3.63) is 35.8 Å². The minimum atomic E-state index is -1.70. The lowest BCUT2D eigenvalue weighted by atomic mass is 9.45. The normalized spacial score (nSPS) is 37.2. The lowest BCUT2D eigenvalue weighted by Crippen LogP contribution is -2.62. The van der Waals surface area contributed by atoms with E-state index in [9.17, 15) is 29.4 Å². The molecular formula is C30H39NO8. The van der Waals surface area contributed by atoms with Gasteiger partial charge in [-0.3, -0.25) is 19.2 Å². The lowest BCUT2D eigenvalue weighted by Gasteiger charge is -2.60. The van der Waals surface area contributed by atoms with Gasteiger partial charge in [0.15, 0.2) is 12.4 Å². The predicted octanol–water partition coefficient (Wildman–Crippen LogP) is 3.02. The average molecular weight is 542 g/mol. The van der Waals surface area contributed by atoms with Gasteiger partial charge >= 0.3 is 5.97 Å². The molecule has 0 spiro atoms. The fourth-order valence-electron chi connectivity index (χ4n) is 8.39. The molecule has 9 nitrogen and oxygen atoms in total. The van der Waals surface area contributed by atoms with E-state index in [0.717, 1.165) is 24.8 Å². The summed E-state index contributed by atoms with van der Waals surface area (Å²) in [6.07, 6.45) is 6.31. The summed E-state index contributed by atoms with van der Waals surface area (Å²) in [6.45, 7) is 3.71. The number of aliphatic hydroxyl groups is 2. The number of esters is 1. The third-order valence-corrected chi connectivity index (χ3v) is 10.5. The maximum absolute atomic E-state index is 13.4. The minimum absolute atomic E-state index is 0.0158. The zero-order chi connectivity index (χ0) is 28.0. The molecule has 3 saturated carbocycles. The molecule has 3 N–H and O–H groups in total. The first kappa shape index (κ1) is 27.8. The molecule has 5 rings (SSSR count). The molecule has 39 heavy (non-hydrogen) atoms. The first-order chi connectivity index (χ1) is 18.5. The molecule has 1 amide bonds. The van der Waals surface area contributed by atoms with E-state index in [1.54, 1.807) is 18.2 Å². The highest BCUT2D eigenvalue weighted by Gasteiger charge is 2.68. The van der Waals surface area contributed by atoms with E-state index in [0.29, 0.717) is 18.6 Å². The first-order valence-corrected chi connectivity index (χ1v) is 14.1. The van der Waals surface area contributed by atoms with Crippen LogP contribution < -0.4 is 5.32 Å². The van der Waals surface area contributed by atoms with E-state index in [2.05, 4.69) is 12.2 Å². The maximum Gasteiger partial charge on any atom is 0.306 e. The van der Waals surface area contributed by atoms with Crippen LogP contribution in [0.3, 0.4) is 0 Å². The molecular weight excluding hydrogens is 502 g/mol. The van der Waals surface area contributed by atoms with E-state index >= 15 is 0 Å². The lowest BCUT2D eigenvalue weighted by molar-refractivity contribution is -0.184. The quantitative estimate of drug-likeness (QED) is 0.426. The van der Waals surface area contributed by atoms with Crippen LogP contribution in [-0.4, -0.2) is 52.0 Å². The molecule has 0 bridgehead atoms. The number of ketones is 2. The van der Waals surface area contributed by atoms with E-state index in [4.69, 9.17) is 9.15 Å². The predicted molar refractivity (Wildman–Crippen MR) is 139 cm³/mol. The summed E-state index contributed by atoms with van der Waals surface area (Å²) < 4.78 is 10.3. The Morgan fingerprint density at radius 3 is 2.69 bits per heavy atom. The fourth-order valence-corrected chi connectivity index (χ4v) is 8.39. The van der Waals surface area contributed by atoms with Gasteiger partial charge in [0.25, 0.3) is 0 Å². The van der Waals surface area contributed by atoms with Gasteiger partial charge in [0, 0.05) is 18.3 Å². The molecule has 0 aliphatic heterocycles. The van der Waals surface area contributed by atoms with Gasteiger partial charge in [-0.15, -0.1) is 0 Å². The number of ether oxygens (including phenoxy) is 1. The van der Waals surface area contributed by atoms with Crippen LogP contribution in [0, 0.1) is 28.6 Å². The van der Waals surface area contributed by atoms with Crippen LogP contribution in [0.5, 0.6) is 0 Å². The Morgan fingerprint density at radius 2 is 1.95 bits per heavy atom. The van der Waals surface area contributed by atoms with E-state index in [-0.39, 0.29) is 67.1 Å². The van der Waals surface area contributed by atoms with Gasteiger partial charge in [-0.1, -0.05) is 19.4 Å². The van der Waals surface area contributed by atoms with Crippen molar-refractivity contribution in [2.45, 2.75) is 89.9 Å². The van der Waals surface area contributed by atoms with Crippen LogP contribution in [0.1, 0.15) is 77.4 Å². The monoisotopic (exact) mass is 541 g/mol. The number of hydrogen-bond donors (Lipinski definition) is 3. The summed E-state index contributed by atoms with van der Waals surface area (Å²) in [7, 11) is 0. The molecule has 1 aromatic rings. The van der Waals surface area contributed by atoms with Gasteiger partial charge in [-0.25, -0.2) is 0 Å². The van der Waals surface area contributed by atoms with Crippen LogP contribution >= 0.6 is 0 Å². The van der Waals surface area contributed by atoms with Crippen LogP contribution in [-0.2, 0) is 30.5 Å². The largest absolute Gasteiger partial charge is 0.467 e. The third-order valence-electron chi connectivity index (χ3n) is 10.5. The molecule has 3 fully saturated rings. The molecule has 0 saturated heterocycles. The molecule has 7 atom stereocenters. The minimum Gasteiger partial charge on any atom is -0.467 e. The highest BCUT2D eigenvalue weighted by atomic mass is 16.5. The number of allylic oxidation sites excluding steroid dienone is 1. The first-order valence-electron chi connectivity index (χ1n) is 14.1. The van der Waals surface area contributed by atoms with Gasteiger partial charge < -0.3 is 24.7 Å². The van der Waals surface area contributed by atoms with Crippen molar-refractivity contribution in [3.8, 4) is 0 Å². The van der Waals surface area contributed by atoms with Crippen molar-refractivity contribution in [1.29, 1.82) is 0 Å². The Bertz CT molecular complexity index is 1170. The van der Waals surface area contributed by atoms with E-state index in [1.807, 2.05) is 6.92 Å². The van der Waals surface area contributed by atoms with Crippen molar-refractivity contribution >= 4 is 23.4 Å². The number of fused-ring (bicyclic) bond motifs is 5. The molecule has 0 aromatic carbocycles. The zero-order valence-electron chi connectivity index (χ0n) is 22.7. The standard InChI is InChI=1S/C30H39NO8/c1-28-11-9-19(32)14-18(28)5-6-21-22-10-12-30(37,29(22,2)15-23(33)27(21)28)24(34)17-39-26(36)8-7-25(35)31-16-20-4-3-13-38-20/h3-4,13-14,21-23,27,33,37H,5-12,15-17H2,1-2H3,(H,31,35). The maximum atomic E-state index is 13.4. The fraction of sp³-hybridized carbons (Fsp3) is 0.667. The summed E-state index contributed by atoms with van der Waals surface area (Å²) in [5.74, 6) is -0.664. The Morgan fingerprint density at radius 1 is 1.15 bits per heavy atom. The highest BCUT2D eigenvalue weighted by Crippen LogP contribution is 2.67. The van der Waals surface area contributed by atoms with Crippen molar-refractivity contribution in [1.82, 2.24) is 5.32 Å². The van der Waals surface area contributed by atoms with Crippen molar-refractivity contribution < 1.29 is 38.5 Å². The number of amides is 1. The molecule has 4 aliphatic carbocycles. The smallest absolute Gasteiger partial charge is 0.306 e. The number of hydrogen-bond acceptors (Lipinski definition) is 8. The summed E-state index contributed by atoms with van der Waals surface area (Å²) in [5.41, 5.74) is -1.66. The number of furan rings is 1.